The third kappa shape index (κ3) is 4.46. The maximum atomic E-state index is 6.63. The van der Waals surface area contributed by atoms with Crippen LogP contribution in [-0.4, -0.2) is 14.5 Å². The van der Waals surface area contributed by atoms with Gasteiger partial charge in [0.05, 0.1) is 16.4 Å². The van der Waals surface area contributed by atoms with Gasteiger partial charge in [-0.3, -0.25) is 0 Å². The molecule has 0 N–H and O–H groups in total. The highest BCUT2D eigenvalue weighted by molar-refractivity contribution is 6.17. The summed E-state index contributed by atoms with van der Waals surface area (Å²) in [7, 11) is 0. The van der Waals surface area contributed by atoms with Crippen molar-refractivity contribution in [3.8, 4) is 50.6 Å². The summed E-state index contributed by atoms with van der Waals surface area (Å²) in [6.07, 6.45) is 0. The van der Waals surface area contributed by atoms with Gasteiger partial charge in [0.25, 0.3) is 0 Å². The first-order valence-corrected chi connectivity index (χ1v) is 16.8. The van der Waals surface area contributed by atoms with E-state index in [0.717, 1.165) is 55.7 Å². The maximum Gasteiger partial charge on any atom is 0.180 e. The number of benzene rings is 7. The van der Waals surface area contributed by atoms with E-state index in [2.05, 4.69) is 138 Å². The molecule has 3 aromatic heterocycles. The van der Waals surface area contributed by atoms with Gasteiger partial charge in [-0.15, -0.1) is 0 Å². The molecule has 0 saturated carbocycles. The van der Waals surface area contributed by atoms with E-state index in [0.29, 0.717) is 11.4 Å². The normalized spacial score (nSPS) is 11.6. The zero-order chi connectivity index (χ0) is 33.0. The van der Waals surface area contributed by atoms with E-state index in [9.17, 15) is 0 Å². The molecule has 0 spiro atoms. The van der Waals surface area contributed by atoms with Gasteiger partial charge >= 0.3 is 0 Å². The quantitative estimate of drug-likeness (QED) is 0.188. The predicted octanol–water partition coefficient (Wildman–Crippen LogP) is 12.1. The summed E-state index contributed by atoms with van der Waals surface area (Å²) in [5, 5.41) is 3.45. The summed E-state index contributed by atoms with van der Waals surface area (Å²) in [4.78, 5) is 10.2. The lowest BCUT2D eigenvalue weighted by atomic mass is 9.94. The number of hydrogen-bond acceptors (Lipinski definition) is 3. The number of rotatable bonds is 5. The van der Waals surface area contributed by atoms with Gasteiger partial charge in [-0.2, -0.15) is 0 Å². The maximum absolute atomic E-state index is 6.63. The molecule has 4 nitrogen and oxygen atoms in total. The van der Waals surface area contributed by atoms with E-state index in [1.165, 1.54) is 27.4 Å². The first-order chi connectivity index (χ1) is 24.8. The molecule has 0 atom stereocenters. The van der Waals surface area contributed by atoms with Gasteiger partial charge in [-0.1, -0.05) is 140 Å². The first kappa shape index (κ1) is 28.3. The number of para-hydroxylation sites is 2. The largest absolute Gasteiger partial charge is 0.452 e. The van der Waals surface area contributed by atoms with E-state index in [-0.39, 0.29) is 0 Å². The summed E-state index contributed by atoms with van der Waals surface area (Å²) in [5.74, 6) is 0.671. The van der Waals surface area contributed by atoms with Gasteiger partial charge in [0.15, 0.2) is 11.4 Å². The lowest BCUT2D eigenvalue weighted by Gasteiger charge is -2.10. The Labute approximate surface area is 288 Å². The van der Waals surface area contributed by atoms with Crippen molar-refractivity contribution >= 4 is 43.9 Å². The summed E-state index contributed by atoms with van der Waals surface area (Å²) < 4.78 is 8.99. The highest BCUT2D eigenvalue weighted by Gasteiger charge is 2.21. The van der Waals surface area contributed by atoms with Crippen LogP contribution in [0.1, 0.15) is 0 Å². The Morgan fingerprint density at radius 3 is 1.78 bits per heavy atom. The van der Waals surface area contributed by atoms with Crippen molar-refractivity contribution < 1.29 is 4.42 Å². The monoisotopic (exact) mass is 639 g/mol. The van der Waals surface area contributed by atoms with E-state index in [1.54, 1.807) is 0 Å². The Bertz CT molecular complexity index is 2850. The lowest BCUT2D eigenvalue weighted by Crippen LogP contribution is -1.94. The molecule has 3 heterocycles. The fourth-order valence-corrected chi connectivity index (χ4v) is 7.40. The standard InChI is InChI=1S/C46H29N3O/c1-4-15-30(16-5-1)43-45-44(48-46(47-43)31-17-6-2-7-18-31)42-36(25-14-28-40(42)50-45)33-20-12-19-32(29-33)35-24-13-27-39-41(35)37-23-10-11-26-38(37)49(39)34-21-8-3-9-22-34/h1-29H. The lowest BCUT2D eigenvalue weighted by molar-refractivity contribution is 0.667. The van der Waals surface area contributed by atoms with Crippen LogP contribution < -0.4 is 0 Å². The van der Waals surface area contributed by atoms with Crippen LogP contribution in [0.15, 0.2) is 180 Å². The number of fused-ring (bicyclic) bond motifs is 6. The molecule has 50 heavy (non-hydrogen) atoms. The smallest absolute Gasteiger partial charge is 0.180 e. The van der Waals surface area contributed by atoms with Gasteiger partial charge in [0.2, 0.25) is 0 Å². The summed E-state index contributed by atoms with van der Waals surface area (Å²) in [6, 6.07) is 61.4. The van der Waals surface area contributed by atoms with Crippen molar-refractivity contribution in [1.29, 1.82) is 0 Å². The zero-order valence-electron chi connectivity index (χ0n) is 27.0. The van der Waals surface area contributed by atoms with Crippen molar-refractivity contribution in [3.05, 3.63) is 176 Å². The molecule has 0 amide bonds. The second-order valence-electron chi connectivity index (χ2n) is 12.6. The van der Waals surface area contributed by atoms with Crippen LogP contribution in [0.3, 0.4) is 0 Å². The summed E-state index contributed by atoms with van der Waals surface area (Å²) >= 11 is 0. The van der Waals surface area contributed by atoms with Crippen molar-refractivity contribution in [3.63, 3.8) is 0 Å². The highest BCUT2D eigenvalue weighted by Crippen LogP contribution is 2.42. The Kier molecular flexibility index (Phi) is 6.46. The fraction of sp³-hybridized carbons (Fsp3) is 0. The average Bonchev–Trinajstić information content (AvgIpc) is 3.75. The van der Waals surface area contributed by atoms with Crippen LogP contribution in [0.25, 0.3) is 94.5 Å². The Morgan fingerprint density at radius 2 is 1.02 bits per heavy atom. The molecular weight excluding hydrogens is 611 g/mol. The van der Waals surface area contributed by atoms with Gasteiger partial charge in [-0.25, -0.2) is 9.97 Å². The van der Waals surface area contributed by atoms with E-state index in [4.69, 9.17) is 14.4 Å². The van der Waals surface area contributed by atoms with Crippen molar-refractivity contribution in [2.75, 3.05) is 0 Å². The average molecular weight is 640 g/mol. The molecule has 0 radical (unpaired) electrons. The van der Waals surface area contributed by atoms with E-state index < -0.39 is 0 Å². The van der Waals surface area contributed by atoms with Gasteiger partial charge in [0, 0.05) is 27.6 Å². The van der Waals surface area contributed by atoms with E-state index in [1.807, 2.05) is 42.5 Å². The van der Waals surface area contributed by atoms with Gasteiger partial charge in [-0.05, 0) is 58.7 Å². The van der Waals surface area contributed by atoms with Crippen LogP contribution in [0.2, 0.25) is 0 Å². The van der Waals surface area contributed by atoms with Crippen LogP contribution >= 0.6 is 0 Å². The molecule has 0 aliphatic heterocycles. The van der Waals surface area contributed by atoms with Crippen LogP contribution in [0.4, 0.5) is 0 Å². The van der Waals surface area contributed by atoms with Crippen LogP contribution in [0.5, 0.6) is 0 Å². The molecule has 10 aromatic rings. The van der Waals surface area contributed by atoms with Crippen LogP contribution in [0, 0.1) is 0 Å². The van der Waals surface area contributed by atoms with Crippen LogP contribution in [-0.2, 0) is 0 Å². The Hall–Kier alpha value is -6.78. The van der Waals surface area contributed by atoms with E-state index >= 15 is 0 Å². The minimum atomic E-state index is 0.671. The predicted molar refractivity (Wildman–Crippen MR) is 205 cm³/mol. The third-order valence-electron chi connectivity index (χ3n) is 9.62. The summed E-state index contributed by atoms with van der Waals surface area (Å²) in [6.45, 7) is 0. The number of furan rings is 1. The Balaban J connectivity index is 1.21. The molecule has 10 rings (SSSR count). The molecule has 0 unspecified atom stereocenters. The molecule has 0 aliphatic rings. The topological polar surface area (TPSA) is 43.9 Å². The molecular formula is C46H29N3O. The minimum absolute atomic E-state index is 0.671. The first-order valence-electron chi connectivity index (χ1n) is 16.8. The molecule has 7 aromatic carbocycles. The molecule has 0 fully saturated rings. The van der Waals surface area contributed by atoms with Gasteiger partial charge in [0.1, 0.15) is 16.8 Å². The molecule has 234 valence electrons. The summed E-state index contributed by atoms with van der Waals surface area (Å²) in [5.41, 5.74) is 13.0. The third-order valence-corrected chi connectivity index (χ3v) is 9.62. The molecule has 0 saturated heterocycles. The zero-order valence-corrected chi connectivity index (χ0v) is 27.0. The number of aromatic nitrogens is 3. The van der Waals surface area contributed by atoms with Crippen molar-refractivity contribution in [2.24, 2.45) is 0 Å². The number of nitrogens with zero attached hydrogens (tertiary/aromatic N) is 3. The molecule has 0 aliphatic carbocycles. The minimum Gasteiger partial charge on any atom is -0.452 e. The molecule has 4 heteroatoms. The second-order valence-corrected chi connectivity index (χ2v) is 12.6. The highest BCUT2D eigenvalue weighted by atomic mass is 16.3. The van der Waals surface area contributed by atoms with Crippen molar-refractivity contribution in [2.45, 2.75) is 0 Å². The second kappa shape index (κ2) is 11.4. The van der Waals surface area contributed by atoms with Gasteiger partial charge < -0.3 is 8.98 Å². The fourth-order valence-electron chi connectivity index (χ4n) is 7.40. The van der Waals surface area contributed by atoms with Crippen molar-refractivity contribution in [1.82, 2.24) is 14.5 Å². The number of hydrogen-bond donors (Lipinski definition) is 0. The molecule has 0 bridgehead atoms. The SMILES string of the molecule is c1ccc(-c2nc(-c3ccccc3)c3oc4cccc(-c5cccc(-c6cccc7c6c6ccccc6n7-c6ccccc6)c5)c4c3n2)cc1. The Morgan fingerprint density at radius 1 is 0.440 bits per heavy atom.